The van der Waals surface area contributed by atoms with Gasteiger partial charge in [0.1, 0.15) is 5.82 Å². The van der Waals surface area contributed by atoms with E-state index in [1.54, 1.807) is 6.07 Å². The molecule has 0 N–H and O–H groups in total. The first kappa shape index (κ1) is 15.9. The minimum Gasteiger partial charge on any atom is -0.376 e. The second-order valence-corrected chi connectivity index (χ2v) is 6.77. The van der Waals surface area contributed by atoms with Crippen LogP contribution in [0.2, 0.25) is 0 Å². The Morgan fingerprint density at radius 1 is 1.23 bits per heavy atom. The number of morpholine rings is 1. The molecule has 0 amide bonds. The van der Waals surface area contributed by atoms with Gasteiger partial charge in [0.25, 0.3) is 0 Å². The van der Waals surface area contributed by atoms with Crippen LogP contribution in [0.4, 0.5) is 4.39 Å². The van der Waals surface area contributed by atoms with Crippen LogP contribution in [-0.2, 0) is 11.3 Å². The molecular formula is C18H27FN2O. The quantitative estimate of drug-likeness (QED) is 0.854. The molecule has 3 nitrogen and oxygen atoms in total. The highest BCUT2D eigenvalue weighted by Gasteiger charge is 2.27. The molecule has 0 aliphatic carbocycles. The number of aryl methyl sites for hydroxylation is 1. The molecule has 122 valence electrons. The number of piperidine rings is 1. The van der Waals surface area contributed by atoms with E-state index in [1.165, 1.54) is 12.8 Å². The molecule has 2 saturated heterocycles. The van der Waals surface area contributed by atoms with E-state index in [2.05, 4.69) is 16.7 Å². The third-order valence-electron chi connectivity index (χ3n) is 4.99. The van der Waals surface area contributed by atoms with Crippen molar-refractivity contribution in [2.75, 3.05) is 32.8 Å². The van der Waals surface area contributed by atoms with Gasteiger partial charge in [-0.1, -0.05) is 12.1 Å². The lowest BCUT2D eigenvalue weighted by Gasteiger charge is -2.41. The maximum Gasteiger partial charge on any atom is 0.126 e. The van der Waals surface area contributed by atoms with Gasteiger partial charge in [-0.05, 0) is 57.0 Å². The highest BCUT2D eigenvalue weighted by Crippen LogP contribution is 2.21. The van der Waals surface area contributed by atoms with E-state index in [4.69, 9.17) is 4.74 Å². The summed E-state index contributed by atoms with van der Waals surface area (Å²) in [6.45, 7) is 10.0. The molecule has 0 spiro atoms. The highest BCUT2D eigenvalue weighted by atomic mass is 19.1. The standard InChI is InChI=1S/C18H27FN2O/c1-14-3-4-16(11-18(14)19)13-20-7-5-17(6-8-20)21-9-10-22-15(2)12-21/h3-4,11,15,17H,5-10,12-13H2,1-2H3/t15-/m0/s1. The Morgan fingerprint density at radius 3 is 2.68 bits per heavy atom. The van der Waals surface area contributed by atoms with Gasteiger partial charge in [-0.15, -0.1) is 0 Å². The average Bonchev–Trinajstić information content (AvgIpc) is 2.52. The van der Waals surface area contributed by atoms with Crippen LogP contribution in [-0.4, -0.2) is 54.7 Å². The van der Waals surface area contributed by atoms with Gasteiger partial charge in [0.05, 0.1) is 12.7 Å². The van der Waals surface area contributed by atoms with Crippen LogP contribution in [0.15, 0.2) is 18.2 Å². The van der Waals surface area contributed by atoms with Crippen LogP contribution in [0.1, 0.15) is 30.9 Å². The summed E-state index contributed by atoms with van der Waals surface area (Å²) >= 11 is 0. The molecule has 1 aromatic rings. The largest absolute Gasteiger partial charge is 0.376 e. The van der Waals surface area contributed by atoms with Crippen molar-refractivity contribution in [3.05, 3.63) is 35.1 Å². The molecule has 0 aromatic heterocycles. The third kappa shape index (κ3) is 3.86. The van der Waals surface area contributed by atoms with Crippen molar-refractivity contribution in [2.45, 2.75) is 45.4 Å². The van der Waals surface area contributed by atoms with Crippen LogP contribution in [0.25, 0.3) is 0 Å². The number of halogens is 1. The van der Waals surface area contributed by atoms with Crippen molar-refractivity contribution in [2.24, 2.45) is 0 Å². The van der Waals surface area contributed by atoms with Crippen LogP contribution in [0.5, 0.6) is 0 Å². The molecule has 22 heavy (non-hydrogen) atoms. The number of ether oxygens (including phenoxy) is 1. The molecule has 2 heterocycles. The predicted molar refractivity (Wildman–Crippen MR) is 86.4 cm³/mol. The Morgan fingerprint density at radius 2 is 2.00 bits per heavy atom. The molecule has 3 rings (SSSR count). The minimum atomic E-state index is -0.0882. The Bertz CT molecular complexity index is 500. The molecule has 2 fully saturated rings. The van der Waals surface area contributed by atoms with Gasteiger partial charge in [-0.25, -0.2) is 4.39 Å². The van der Waals surface area contributed by atoms with Gasteiger partial charge >= 0.3 is 0 Å². The van der Waals surface area contributed by atoms with Crippen molar-refractivity contribution in [3.63, 3.8) is 0 Å². The van der Waals surface area contributed by atoms with Crippen LogP contribution >= 0.6 is 0 Å². The Hall–Kier alpha value is -0.970. The smallest absolute Gasteiger partial charge is 0.126 e. The number of hydrogen-bond donors (Lipinski definition) is 0. The molecule has 0 saturated carbocycles. The fourth-order valence-corrected chi connectivity index (χ4v) is 3.61. The van der Waals surface area contributed by atoms with E-state index in [0.717, 1.165) is 50.5 Å². The summed E-state index contributed by atoms with van der Waals surface area (Å²) in [7, 11) is 0. The number of benzene rings is 1. The molecule has 2 aliphatic heterocycles. The summed E-state index contributed by atoms with van der Waals surface area (Å²) in [4.78, 5) is 5.04. The number of rotatable bonds is 3. The molecule has 0 bridgehead atoms. The molecule has 2 aliphatic rings. The monoisotopic (exact) mass is 306 g/mol. The zero-order chi connectivity index (χ0) is 15.5. The first-order valence-corrected chi connectivity index (χ1v) is 8.45. The second-order valence-electron chi connectivity index (χ2n) is 6.77. The van der Waals surface area contributed by atoms with Gasteiger partial charge in [0.2, 0.25) is 0 Å². The van der Waals surface area contributed by atoms with E-state index >= 15 is 0 Å². The topological polar surface area (TPSA) is 15.7 Å². The highest BCUT2D eigenvalue weighted by molar-refractivity contribution is 5.23. The number of nitrogens with zero attached hydrogens (tertiary/aromatic N) is 2. The fourth-order valence-electron chi connectivity index (χ4n) is 3.61. The number of likely N-dealkylation sites (tertiary alicyclic amines) is 1. The maximum absolute atomic E-state index is 13.6. The lowest BCUT2D eigenvalue weighted by Crippen LogP contribution is -2.50. The summed E-state index contributed by atoms with van der Waals surface area (Å²) < 4.78 is 19.3. The normalized spacial score (nSPS) is 25.5. The minimum absolute atomic E-state index is 0.0882. The van der Waals surface area contributed by atoms with Crippen molar-refractivity contribution < 1.29 is 9.13 Å². The van der Waals surface area contributed by atoms with Gasteiger partial charge < -0.3 is 4.74 Å². The summed E-state index contributed by atoms with van der Waals surface area (Å²) in [6, 6.07) is 6.31. The van der Waals surface area contributed by atoms with Crippen molar-refractivity contribution in [1.82, 2.24) is 9.80 Å². The Kier molecular flexibility index (Phi) is 5.11. The van der Waals surface area contributed by atoms with Crippen molar-refractivity contribution in [3.8, 4) is 0 Å². The van der Waals surface area contributed by atoms with Gasteiger partial charge in [0, 0.05) is 25.7 Å². The van der Waals surface area contributed by atoms with Crippen LogP contribution in [0.3, 0.4) is 0 Å². The molecule has 4 heteroatoms. The number of hydrogen-bond acceptors (Lipinski definition) is 3. The maximum atomic E-state index is 13.6. The van der Waals surface area contributed by atoms with Crippen LogP contribution < -0.4 is 0 Å². The fraction of sp³-hybridized carbons (Fsp3) is 0.667. The molecule has 0 radical (unpaired) electrons. The molecular weight excluding hydrogens is 279 g/mol. The Labute approximate surface area is 133 Å². The summed E-state index contributed by atoms with van der Waals surface area (Å²) in [5.74, 6) is -0.0882. The zero-order valence-corrected chi connectivity index (χ0v) is 13.7. The molecule has 1 aromatic carbocycles. The first-order chi connectivity index (χ1) is 10.6. The molecule has 0 unspecified atom stereocenters. The molecule has 1 atom stereocenters. The van der Waals surface area contributed by atoms with Gasteiger partial charge in [-0.2, -0.15) is 0 Å². The summed E-state index contributed by atoms with van der Waals surface area (Å²) in [5.41, 5.74) is 1.81. The van der Waals surface area contributed by atoms with E-state index in [1.807, 2.05) is 19.1 Å². The van der Waals surface area contributed by atoms with Crippen molar-refractivity contribution >= 4 is 0 Å². The van der Waals surface area contributed by atoms with E-state index in [0.29, 0.717) is 12.1 Å². The van der Waals surface area contributed by atoms with Crippen molar-refractivity contribution in [1.29, 1.82) is 0 Å². The van der Waals surface area contributed by atoms with Gasteiger partial charge in [0.15, 0.2) is 0 Å². The lowest BCUT2D eigenvalue weighted by atomic mass is 10.0. The van der Waals surface area contributed by atoms with Gasteiger partial charge in [-0.3, -0.25) is 9.80 Å². The summed E-state index contributed by atoms with van der Waals surface area (Å²) in [6.07, 6.45) is 2.78. The average molecular weight is 306 g/mol. The van der Waals surface area contributed by atoms with Crippen LogP contribution in [0, 0.1) is 12.7 Å². The second kappa shape index (κ2) is 7.07. The first-order valence-electron chi connectivity index (χ1n) is 8.45. The Balaban J connectivity index is 1.50. The SMILES string of the molecule is Cc1ccc(CN2CCC(N3CCO[C@@H](C)C3)CC2)cc1F. The predicted octanol–water partition coefficient (Wildman–Crippen LogP) is 2.82. The summed E-state index contributed by atoms with van der Waals surface area (Å²) in [5, 5.41) is 0. The van der Waals surface area contributed by atoms with E-state index in [-0.39, 0.29) is 5.82 Å². The zero-order valence-electron chi connectivity index (χ0n) is 13.7. The van der Waals surface area contributed by atoms with E-state index in [9.17, 15) is 4.39 Å². The third-order valence-corrected chi connectivity index (χ3v) is 4.99. The lowest BCUT2D eigenvalue weighted by molar-refractivity contribution is -0.0437. The van der Waals surface area contributed by atoms with E-state index < -0.39 is 0 Å².